The van der Waals surface area contributed by atoms with Gasteiger partial charge in [0.05, 0.1) is 52.6 Å². The van der Waals surface area contributed by atoms with Gasteiger partial charge in [0.25, 0.3) is 5.91 Å². The summed E-state index contributed by atoms with van der Waals surface area (Å²) in [6, 6.07) is 39.8. The Balaban J connectivity index is 1.23. The molecule has 8 rings (SSSR count). The number of para-hydroxylation sites is 2. The first-order valence-corrected chi connectivity index (χ1v) is 24.0. The molecule has 1 N–H and O–H groups in total. The SMILES string of the molecule is COc1ccc([Si](C)(C)[C@@H]2[C@@H](CC(=O)N3CCC[C@H]3CO)O[C@]3(C(=O)N(Cc4ccc(N(C=O)c5ccccc5)cc4)c4ccc(N(C=O)c5ccccc5)cc43)[C@H]2C)cc1. The number of aliphatic hydroxyl groups is 1. The molecular weight excluding hydrogens is 785 g/mol. The molecule has 3 heterocycles. The predicted molar refractivity (Wildman–Crippen MR) is 239 cm³/mol. The van der Waals surface area contributed by atoms with Crippen LogP contribution in [-0.2, 0) is 36.1 Å². The molecule has 0 aromatic heterocycles. The second-order valence-corrected chi connectivity index (χ2v) is 21.5. The van der Waals surface area contributed by atoms with Gasteiger partial charge in [-0.3, -0.25) is 29.0 Å². The van der Waals surface area contributed by atoms with Gasteiger partial charge in [-0.15, -0.1) is 0 Å². The number of carbonyl (C=O) groups is 4. The lowest BCUT2D eigenvalue weighted by Gasteiger charge is -2.37. The lowest BCUT2D eigenvalue weighted by atomic mass is 9.82. The average Bonchev–Trinajstić information content (AvgIpc) is 3.96. The number of anilines is 5. The molecule has 3 aliphatic rings. The Morgan fingerprint density at radius 2 is 1.44 bits per heavy atom. The minimum atomic E-state index is -2.60. The smallest absolute Gasteiger partial charge is 0.264 e. The van der Waals surface area contributed by atoms with Gasteiger partial charge in [-0.2, -0.15) is 0 Å². The van der Waals surface area contributed by atoms with Crippen molar-refractivity contribution >= 4 is 66.3 Å². The number of nitrogens with zero attached hydrogens (tertiary/aromatic N) is 4. The van der Waals surface area contributed by atoms with E-state index >= 15 is 4.79 Å². The monoisotopic (exact) mass is 836 g/mol. The van der Waals surface area contributed by atoms with Gasteiger partial charge in [0.15, 0.2) is 5.60 Å². The number of carbonyl (C=O) groups excluding carboxylic acids is 4. The molecule has 1 spiro atoms. The number of rotatable bonds is 14. The van der Waals surface area contributed by atoms with Crippen molar-refractivity contribution in [2.24, 2.45) is 5.92 Å². The maximum Gasteiger partial charge on any atom is 0.264 e. The van der Waals surface area contributed by atoms with E-state index in [-0.39, 0.29) is 43.0 Å². The first-order chi connectivity index (χ1) is 29.5. The number of ether oxygens (including phenoxy) is 2. The molecule has 2 saturated heterocycles. The summed E-state index contributed by atoms with van der Waals surface area (Å²) in [4.78, 5) is 61.6. The van der Waals surface area contributed by atoms with Gasteiger partial charge in [-0.1, -0.05) is 85.9 Å². The Labute approximate surface area is 358 Å². The van der Waals surface area contributed by atoms with E-state index < -0.39 is 25.7 Å². The van der Waals surface area contributed by atoms with Crippen molar-refractivity contribution in [1.82, 2.24) is 4.90 Å². The van der Waals surface area contributed by atoms with Crippen molar-refractivity contribution in [3.8, 4) is 5.75 Å². The summed E-state index contributed by atoms with van der Waals surface area (Å²) in [6.07, 6.45) is 2.54. The van der Waals surface area contributed by atoms with Crippen LogP contribution in [0.3, 0.4) is 0 Å². The highest BCUT2D eigenvalue weighted by Gasteiger charge is 2.66. The molecular formula is C49H52N4O7Si. The third kappa shape index (κ3) is 7.42. The quantitative estimate of drug-likeness (QED) is 0.0914. The fraction of sp³-hybridized carbons (Fsp3) is 0.306. The van der Waals surface area contributed by atoms with Gasteiger partial charge in [-0.25, -0.2) is 0 Å². The summed E-state index contributed by atoms with van der Waals surface area (Å²) in [5.41, 5.74) is 3.12. The van der Waals surface area contributed by atoms with Gasteiger partial charge >= 0.3 is 0 Å². The summed E-state index contributed by atoms with van der Waals surface area (Å²) >= 11 is 0. The molecule has 12 heteroatoms. The Bertz CT molecular complexity index is 2380. The lowest BCUT2D eigenvalue weighted by molar-refractivity contribution is -0.150. The van der Waals surface area contributed by atoms with E-state index in [9.17, 15) is 19.5 Å². The van der Waals surface area contributed by atoms with Crippen LogP contribution in [0, 0.1) is 5.92 Å². The lowest BCUT2D eigenvalue weighted by Crippen LogP contribution is -2.52. The normalized spacial score (nSPS) is 22.0. The zero-order chi connectivity index (χ0) is 42.9. The van der Waals surface area contributed by atoms with Gasteiger partial charge in [0, 0.05) is 40.8 Å². The van der Waals surface area contributed by atoms with E-state index in [2.05, 4.69) is 32.2 Å². The van der Waals surface area contributed by atoms with Crippen LogP contribution in [0.4, 0.5) is 28.4 Å². The Hall–Kier alpha value is -6.08. The Kier molecular flexibility index (Phi) is 11.7. The third-order valence-electron chi connectivity index (χ3n) is 13.2. The van der Waals surface area contributed by atoms with Crippen LogP contribution in [-0.4, -0.2) is 75.1 Å². The largest absolute Gasteiger partial charge is 0.497 e. The summed E-state index contributed by atoms with van der Waals surface area (Å²) in [5, 5.41) is 11.3. The fourth-order valence-corrected chi connectivity index (χ4v) is 14.1. The average molecular weight is 837 g/mol. The number of likely N-dealkylation sites (tertiary alicyclic amines) is 1. The maximum absolute atomic E-state index is 15.6. The molecule has 4 amide bonds. The molecule has 0 aliphatic carbocycles. The van der Waals surface area contributed by atoms with Crippen molar-refractivity contribution < 1.29 is 33.8 Å². The minimum Gasteiger partial charge on any atom is -0.497 e. The van der Waals surface area contributed by atoms with Crippen molar-refractivity contribution in [2.45, 2.75) is 69.1 Å². The van der Waals surface area contributed by atoms with Crippen LogP contribution in [0.2, 0.25) is 18.6 Å². The molecule has 314 valence electrons. The van der Waals surface area contributed by atoms with Gasteiger partial charge < -0.3 is 24.4 Å². The van der Waals surface area contributed by atoms with E-state index in [0.29, 0.717) is 34.9 Å². The number of hydrogen-bond acceptors (Lipinski definition) is 7. The Morgan fingerprint density at radius 1 is 0.852 bits per heavy atom. The molecule has 0 unspecified atom stereocenters. The fourth-order valence-electron chi connectivity index (χ4n) is 10.1. The first kappa shape index (κ1) is 41.6. The Morgan fingerprint density at radius 3 is 2.03 bits per heavy atom. The van der Waals surface area contributed by atoms with Crippen LogP contribution in [0.5, 0.6) is 5.75 Å². The second kappa shape index (κ2) is 17.1. The summed E-state index contributed by atoms with van der Waals surface area (Å²) in [7, 11) is -0.957. The van der Waals surface area contributed by atoms with E-state index in [0.717, 1.165) is 47.8 Å². The van der Waals surface area contributed by atoms with Crippen molar-refractivity contribution in [1.29, 1.82) is 0 Å². The highest BCUT2D eigenvalue weighted by molar-refractivity contribution is 6.91. The second-order valence-electron chi connectivity index (χ2n) is 16.8. The molecule has 11 nitrogen and oxygen atoms in total. The van der Waals surface area contributed by atoms with Crippen LogP contribution >= 0.6 is 0 Å². The predicted octanol–water partition coefficient (Wildman–Crippen LogP) is 7.42. The van der Waals surface area contributed by atoms with E-state index in [1.165, 1.54) is 0 Å². The van der Waals surface area contributed by atoms with Crippen LogP contribution < -0.4 is 24.6 Å². The minimum absolute atomic E-state index is 0.0583. The molecule has 5 aromatic carbocycles. The molecule has 0 bridgehead atoms. The van der Waals surface area contributed by atoms with Crippen molar-refractivity contribution in [2.75, 3.05) is 35.0 Å². The molecule has 2 fully saturated rings. The summed E-state index contributed by atoms with van der Waals surface area (Å²) < 4.78 is 12.8. The third-order valence-corrected chi connectivity index (χ3v) is 17.6. The van der Waals surface area contributed by atoms with Crippen LogP contribution in [0.15, 0.2) is 127 Å². The maximum atomic E-state index is 15.6. The van der Waals surface area contributed by atoms with E-state index in [4.69, 9.17) is 9.47 Å². The van der Waals surface area contributed by atoms with Gasteiger partial charge in [0.2, 0.25) is 18.7 Å². The van der Waals surface area contributed by atoms with Gasteiger partial charge in [-0.05, 0) is 90.7 Å². The van der Waals surface area contributed by atoms with Crippen LogP contribution in [0.1, 0.15) is 37.3 Å². The molecule has 5 atom stereocenters. The molecule has 61 heavy (non-hydrogen) atoms. The molecule has 3 aliphatic heterocycles. The number of aliphatic hydroxyl groups excluding tert-OH is 1. The number of fused-ring (bicyclic) bond motifs is 2. The highest BCUT2D eigenvalue weighted by Crippen LogP contribution is 2.61. The number of benzene rings is 5. The zero-order valence-corrected chi connectivity index (χ0v) is 36.0. The topological polar surface area (TPSA) is 120 Å². The van der Waals surface area contributed by atoms with E-state index in [1.54, 1.807) is 26.7 Å². The highest BCUT2D eigenvalue weighted by atomic mass is 28.3. The molecule has 0 saturated carbocycles. The summed E-state index contributed by atoms with van der Waals surface area (Å²) in [5.74, 6) is 0.0115. The number of hydrogen-bond donors (Lipinski definition) is 1. The zero-order valence-electron chi connectivity index (χ0n) is 35.0. The first-order valence-electron chi connectivity index (χ1n) is 20.9. The standard InChI is InChI=1S/C49H52N4O7Si/c1-34-47(61(3,4)42-24-22-41(59-2)23-25-42)45(29-46(57)50-27-11-16-40(50)31-54)60-49(34)43-28-39(53(33-56)37-14-9-6-10-15-37)21-26-44(43)51(48(49)58)30-35-17-19-38(20-18-35)52(32-55)36-12-7-5-8-13-36/h5-10,12-15,17-26,28,32-34,40,45,47,54H,11,16,27,29-31H2,1-4H3/t34-,40-,45+,47-,49+/m0/s1. The molecule has 5 aromatic rings. The summed E-state index contributed by atoms with van der Waals surface area (Å²) in [6.45, 7) is 7.31. The molecule has 0 radical (unpaired) electrons. The number of amides is 4. The van der Waals surface area contributed by atoms with E-state index in [1.807, 2.05) is 115 Å². The van der Waals surface area contributed by atoms with Gasteiger partial charge in [0.1, 0.15) is 5.75 Å². The van der Waals surface area contributed by atoms with Crippen molar-refractivity contribution in [3.63, 3.8) is 0 Å². The van der Waals surface area contributed by atoms with Crippen LogP contribution in [0.25, 0.3) is 0 Å². The van der Waals surface area contributed by atoms with Crippen molar-refractivity contribution in [3.05, 3.63) is 139 Å². The number of methoxy groups -OCH3 is 1.